The SMILES string of the molecule is CCc1[nH]c(=O)ccc1C(=O)NC1CCC(Oc2cccc3cnccc23)CC1. The van der Waals surface area contributed by atoms with Gasteiger partial charge >= 0.3 is 0 Å². The van der Waals surface area contributed by atoms with Gasteiger partial charge in [0.25, 0.3) is 5.91 Å². The number of H-pyrrole nitrogens is 1. The van der Waals surface area contributed by atoms with E-state index in [-0.39, 0.29) is 23.6 Å². The molecule has 6 nitrogen and oxygen atoms in total. The fourth-order valence-corrected chi connectivity index (χ4v) is 3.97. The number of rotatable bonds is 5. The predicted octanol–water partition coefficient (Wildman–Crippen LogP) is 3.61. The smallest absolute Gasteiger partial charge is 0.253 e. The summed E-state index contributed by atoms with van der Waals surface area (Å²) in [5.74, 6) is 0.766. The van der Waals surface area contributed by atoms with Gasteiger partial charge in [0.1, 0.15) is 5.75 Å². The number of benzene rings is 1. The summed E-state index contributed by atoms with van der Waals surface area (Å²) < 4.78 is 6.28. The number of nitrogens with one attached hydrogen (secondary N) is 2. The van der Waals surface area contributed by atoms with Gasteiger partial charge in [0.2, 0.25) is 5.56 Å². The molecule has 150 valence electrons. The van der Waals surface area contributed by atoms with Gasteiger partial charge in [-0.3, -0.25) is 14.6 Å². The van der Waals surface area contributed by atoms with Crippen LogP contribution in [0.4, 0.5) is 0 Å². The lowest BCUT2D eigenvalue weighted by atomic mass is 9.92. The van der Waals surface area contributed by atoms with Crippen molar-refractivity contribution in [3.05, 3.63) is 70.4 Å². The molecule has 0 spiro atoms. The Balaban J connectivity index is 1.36. The number of carbonyl (C=O) groups excluding carboxylic acids is 1. The molecule has 1 aliphatic rings. The van der Waals surface area contributed by atoms with E-state index in [1.807, 2.05) is 37.4 Å². The Morgan fingerprint density at radius 3 is 2.79 bits per heavy atom. The number of ether oxygens (including phenoxy) is 1. The van der Waals surface area contributed by atoms with E-state index in [1.54, 1.807) is 12.3 Å². The standard InChI is InChI=1S/C23H25N3O3/c1-2-20-19(10-11-22(27)26-20)23(28)25-16-6-8-17(9-7-16)29-21-5-3-4-15-14-24-13-12-18(15)21/h3-5,10-14,16-17H,2,6-9H2,1H3,(H,25,28)(H,26,27). The second kappa shape index (κ2) is 8.47. The summed E-state index contributed by atoms with van der Waals surface area (Å²) in [6, 6.07) is 11.1. The molecule has 3 aromatic rings. The van der Waals surface area contributed by atoms with Crippen LogP contribution in [0.25, 0.3) is 10.8 Å². The quantitative estimate of drug-likeness (QED) is 0.696. The summed E-state index contributed by atoms with van der Waals surface area (Å²) in [5.41, 5.74) is 1.05. The second-order valence-corrected chi connectivity index (χ2v) is 7.49. The molecule has 1 aliphatic carbocycles. The Kier molecular flexibility index (Phi) is 5.60. The van der Waals surface area contributed by atoms with Crippen LogP contribution >= 0.6 is 0 Å². The zero-order valence-corrected chi connectivity index (χ0v) is 16.5. The molecule has 0 aliphatic heterocycles. The van der Waals surface area contributed by atoms with Crippen LogP contribution in [0, 0.1) is 0 Å². The lowest BCUT2D eigenvalue weighted by Gasteiger charge is -2.30. The first kappa shape index (κ1) is 19.2. The number of aromatic nitrogens is 2. The zero-order chi connectivity index (χ0) is 20.2. The van der Waals surface area contributed by atoms with E-state index in [0.29, 0.717) is 17.7 Å². The van der Waals surface area contributed by atoms with Crippen LogP contribution in [0.1, 0.15) is 48.7 Å². The molecule has 6 heteroatoms. The van der Waals surface area contributed by atoms with E-state index >= 15 is 0 Å². The number of nitrogens with zero attached hydrogens (tertiary/aromatic N) is 1. The molecule has 1 saturated carbocycles. The van der Waals surface area contributed by atoms with Crippen molar-refractivity contribution in [2.45, 2.75) is 51.2 Å². The Morgan fingerprint density at radius 1 is 1.17 bits per heavy atom. The van der Waals surface area contributed by atoms with Crippen LogP contribution in [-0.4, -0.2) is 28.0 Å². The van der Waals surface area contributed by atoms with E-state index < -0.39 is 0 Å². The van der Waals surface area contributed by atoms with Crippen LogP contribution in [0.2, 0.25) is 0 Å². The maximum absolute atomic E-state index is 12.7. The maximum Gasteiger partial charge on any atom is 0.253 e. The minimum atomic E-state index is -0.180. The summed E-state index contributed by atoms with van der Waals surface area (Å²) in [5, 5.41) is 5.26. The molecule has 2 N–H and O–H groups in total. The van der Waals surface area contributed by atoms with Crippen molar-refractivity contribution in [3.8, 4) is 5.75 Å². The maximum atomic E-state index is 12.7. The van der Waals surface area contributed by atoms with Crippen molar-refractivity contribution in [1.29, 1.82) is 0 Å². The van der Waals surface area contributed by atoms with Gasteiger partial charge < -0.3 is 15.0 Å². The zero-order valence-electron chi connectivity index (χ0n) is 16.5. The number of aryl methyl sites for hydroxylation is 1. The Labute approximate surface area is 169 Å². The van der Waals surface area contributed by atoms with E-state index in [9.17, 15) is 9.59 Å². The largest absolute Gasteiger partial charge is 0.490 e. The number of aromatic amines is 1. The number of carbonyl (C=O) groups is 1. The molecule has 0 radical (unpaired) electrons. The number of pyridine rings is 2. The molecule has 1 aromatic carbocycles. The molecule has 4 rings (SSSR count). The third-order valence-corrected chi connectivity index (χ3v) is 5.54. The summed E-state index contributed by atoms with van der Waals surface area (Å²) in [7, 11) is 0. The van der Waals surface area contributed by atoms with Gasteiger partial charge in [-0.25, -0.2) is 0 Å². The highest BCUT2D eigenvalue weighted by Gasteiger charge is 2.25. The van der Waals surface area contributed by atoms with E-state index in [1.165, 1.54) is 6.07 Å². The Hall–Kier alpha value is -3.15. The van der Waals surface area contributed by atoms with Gasteiger partial charge in [0.15, 0.2) is 0 Å². The van der Waals surface area contributed by atoms with Gasteiger partial charge in [0.05, 0.1) is 11.7 Å². The first-order valence-corrected chi connectivity index (χ1v) is 10.2. The molecule has 1 amide bonds. The van der Waals surface area contributed by atoms with Crippen molar-refractivity contribution in [2.75, 3.05) is 0 Å². The minimum Gasteiger partial charge on any atom is -0.490 e. The van der Waals surface area contributed by atoms with Crippen LogP contribution in [0.5, 0.6) is 5.75 Å². The van der Waals surface area contributed by atoms with Crippen molar-refractivity contribution >= 4 is 16.7 Å². The summed E-state index contributed by atoms with van der Waals surface area (Å²) in [6.45, 7) is 1.92. The molecule has 0 unspecified atom stereocenters. The number of amides is 1. The lowest BCUT2D eigenvalue weighted by molar-refractivity contribution is 0.0893. The van der Waals surface area contributed by atoms with Crippen molar-refractivity contribution in [1.82, 2.24) is 15.3 Å². The molecule has 2 heterocycles. The van der Waals surface area contributed by atoms with Crippen molar-refractivity contribution < 1.29 is 9.53 Å². The van der Waals surface area contributed by atoms with Crippen LogP contribution in [0.15, 0.2) is 53.6 Å². The third kappa shape index (κ3) is 4.31. The average Bonchev–Trinajstić information content (AvgIpc) is 2.75. The molecule has 1 fully saturated rings. The fraction of sp³-hybridized carbons (Fsp3) is 0.348. The number of hydrogen-bond acceptors (Lipinski definition) is 4. The lowest BCUT2D eigenvalue weighted by Crippen LogP contribution is -2.40. The van der Waals surface area contributed by atoms with Gasteiger partial charge in [-0.15, -0.1) is 0 Å². The number of hydrogen-bond donors (Lipinski definition) is 2. The molecular weight excluding hydrogens is 366 g/mol. The predicted molar refractivity (Wildman–Crippen MR) is 112 cm³/mol. The van der Waals surface area contributed by atoms with Gasteiger partial charge in [0, 0.05) is 41.0 Å². The fourth-order valence-electron chi connectivity index (χ4n) is 3.97. The summed E-state index contributed by atoms with van der Waals surface area (Å²) >= 11 is 0. The van der Waals surface area contributed by atoms with Crippen LogP contribution in [-0.2, 0) is 6.42 Å². The average molecular weight is 391 g/mol. The van der Waals surface area contributed by atoms with Gasteiger partial charge in [-0.05, 0) is 50.3 Å². The third-order valence-electron chi connectivity index (χ3n) is 5.54. The molecule has 0 bridgehead atoms. The molecule has 29 heavy (non-hydrogen) atoms. The highest BCUT2D eigenvalue weighted by Crippen LogP contribution is 2.29. The van der Waals surface area contributed by atoms with Crippen LogP contribution in [0.3, 0.4) is 0 Å². The Bertz CT molecular complexity index is 1060. The summed E-state index contributed by atoms with van der Waals surface area (Å²) in [6.07, 6.45) is 7.89. The highest BCUT2D eigenvalue weighted by molar-refractivity contribution is 5.95. The van der Waals surface area contributed by atoms with E-state index in [2.05, 4.69) is 15.3 Å². The van der Waals surface area contributed by atoms with Crippen molar-refractivity contribution in [3.63, 3.8) is 0 Å². The van der Waals surface area contributed by atoms with Crippen molar-refractivity contribution in [2.24, 2.45) is 0 Å². The van der Waals surface area contributed by atoms with Crippen LogP contribution < -0.4 is 15.6 Å². The first-order chi connectivity index (χ1) is 14.1. The number of fused-ring (bicyclic) bond motifs is 1. The molecule has 2 aromatic heterocycles. The molecular formula is C23H25N3O3. The minimum absolute atomic E-state index is 0.121. The van der Waals surface area contributed by atoms with Gasteiger partial charge in [-0.1, -0.05) is 19.1 Å². The first-order valence-electron chi connectivity index (χ1n) is 10.2. The summed E-state index contributed by atoms with van der Waals surface area (Å²) in [4.78, 5) is 31.0. The Morgan fingerprint density at radius 2 is 2.00 bits per heavy atom. The monoisotopic (exact) mass is 391 g/mol. The van der Waals surface area contributed by atoms with Gasteiger partial charge in [-0.2, -0.15) is 0 Å². The normalized spacial score (nSPS) is 19.1. The van der Waals surface area contributed by atoms with E-state index in [0.717, 1.165) is 42.2 Å². The topological polar surface area (TPSA) is 84.1 Å². The second-order valence-electron chi connectivity index (χ2n) is 7.49. The van der Waals surface area contributed by atoms with E-state index in [4.69, 9.17) is 4.74 Å². The molecule has 0 saturated heterocycles. The molecule has 0 atom stereocenters. The highest BCUT2D eigenvalue weighted by atomic mass is 16.5.